The average molecular weight is 424 g/mol. The van der Waals surface area contributed by atoms with Crippen molar-refractivity contribution >= 4 is 21.8 Å². The lowest BCUT2D eigenvalue weighted by Crippen LogP contribution is -2.46. The molecule has 2 aromatic rings. The molecule has 0 aliphatic heterocycles. The fraction of sp³-hybridized carbons (Fsp3) is 0.350. The second-order valence-corrected chi connectivity index (χ2v) is 8.63. The molecule has 2 rings (SSSR count). The first-order valence-electron chi connectivity index (χ1n) is 9.13. The molecule has 0 heterocycles. The molecule has 1 amide bonds. The van der Waals surface area contributed by atoms with E-state index in [0.717, 1.165) is 32.1 Å². The summed E-state index contributed by atoms with van der Waals surface area (Å²) in [6.45, 7) is 3.82. The molecular formula is C20H26FN3O4S. The number of nitrogens with one attached hydrogen (secondary N) is 1. The third-order valence-corrected chi connectivity index (χ3v) is 6.03. The molecule has 1 N–H and O–H groups in total. The van der Waals surface area contributed by atoms with E-state index in [0.29, 0.717) is 6.61 Å². The first-order valence-corrected chi connectivity index (χ1v) is 10.5. The van der Waals surface area contributed by atoms with Gasteiger partial charge in [0.15, 0.2) is 0 Å². The van der Waals surface area contributed by atoms with Crippen LogP contribution in [0.5, 0.6) is 5.75 Å². The minimum atomic E-state index is -3.95. The van der Waals surface area contributed by atoms with Crippen molar-refractivity contribution in [3.05, 3.63) is 59.9 Å². The Hall–Kier alpha value is -2.65. The van der Waals surface area contributed by atoms with E-state index in [1.807, 2.05) is 31.2 Å². The summed E-state index contributed by atoms with van der Waals surface area (Å²) in [6, 6.07) is 11.9. The molecule has 0 saturated heterocycles. The third kappa shape index (κ3) is 5.91. The molecule has 0 fully saturated rings. The molecule has 0 aromatic heterocycles. The van der Waals surface area contributed by atoms with Crippen LogP contribution in [0.3, 0.4) is 0 Å². The summed E-state index contributed by atoms with van der Waals surface area (Å²) in [6.07, 6.45) is 0. The van der Waals surface area contributed by atoms with Crippen LogP contribution < -0.4 is 14.4 Å². The first-order chi connectivity index (χ1) is 13.6. The van der Waals surface area contributed by atoms with Crippen molar-refractivity contribution in [1.29, 1.82) is 0 Å². The number of halogens is 1. The minimum absolute atomic E-state index is 0.198. The van der Waals surface area contributed by atoms with Gasteiger partial charge in [0.25, 0.3) is 0 Å². The van der Waals surface area contributed by atoms with Gasteiger partial charge in [0.2, 0.25) is 5.91 Å². The van der Waals surface area contributed by atoms with Gasteiger partial charge in [-0.15, -0.1) is 0 Å². The molecule has 29 heavy (non-hydrogen) atoms. The van der Waals surface area contributed by atoms with Gasteiger partial charge in [-0.25, -0.2) is 8.70 Å². The van der Waals surface area contributed by atoms with Crippen LogP contribution in [0.15, 0.2) is 48.5 Å². The monoisotopic (exact) mass is 423 g/mol. The summed E-state index contributed by atoms with van der Waals surface area (Å²) >= 11 is 0. The zero-order chi connectivity index (χ0) is 21.6. The van der Waals surface area contributed by atoms with Gasteiger partial charge in [0, 0.05) is 14.1 Å². The molecule has 0 bridgehead atoms. The van der Waals surface area contributed by atoms with Crippen LogP contribution in [0, 0.1) is 5.82 Å². The summed E-state index contributed by atoms with van der Waals surface area (Å²) < 4.78 is 45.9. The highest BCUT2D eigenvalue weighted by molar-refractivity contribution is 7.90. The highest BCUT2D eigenvalue weighted by Gasteiger charge is 2.27. The molecule has 0 spiro atoms. The Kier molecular flexibility index (Phi) is 7.58. The van der Waals surface area contributed by atoms with Gasteiger partial charge in [-0.2, -0.15) is 12.7 Å². The number of amides is 1. The van der Waals surface area contributed by atoms with Gasteiger partial charge >= 0.3 is 10.2 Å². The molecular weight excluding hydrogens is 397 g/mol. The number of hydrogen-bond acceptors (Lipinski definition) is 4. The van der Waals surface area contributed by atoms with Gasteiger partial charge < -0.3 is 10.1 Å². The number of rotatable bonds is 9. The van der Waals surface area contributed by atoms with Gasteiger partial charge in [0.1, 0.15) is 18.1 Å². The van der Waals surface area contributed by atoms with Crippen LogP contribution in [0.25, 0.3) is 0 Å². The summed E-state index contributed by atoms with van der Waals surface area (Å²) in [5.41, 5.74) is 1.05. The van der Waals surface area contributed by atoms with Crippen LogP contribution in [0.4, 0.5) is 10.1 Å². The second-order valence-electron chi connectivity index (χ2n) is 6.56. The van der Waals surface area contributed by atoms with Gasteiger partial charge in [0.05, 0.1) is 18.3 Å². The van der Waals surface area contributed by atoms with E-state index in [2.05, 4.69) is 5.32 Å². The van der Waals surface area contributed by atoms with Gasteiger partial charge in [-0.3, -0.25) is 4.79 Å². The molecule has 0 saturated carbocycles. The normalized spacial score (nSPS) is 12.5. The lowest BCUT2D eigenvalue weighted by atomic mass is 10.1. The molecule has 158 valence electrons. The van der Waals surface area contributed by atoms with E-state index in [9.17, 15) is 17.6 Å². The number of nitrogens with zero attached hydrogens (tertiary/aromatic N) is 2. The maximum Gasteiger partial charge on any atom is 0.304 e. The Labute approximate surface area is 171 Å². The largest absolute Gasteiger partial charge is 0.494 e. The van der Waals surface area contributed by atoms with Gasteiger partial charge in [-0.05, 0) is 55.8 Å². The second kappa shape index (κ2) is 9.71. The van der Waals surface area contributed by atoms with E-state index >= 15 is 0 Å². The third-order valence-electron chi connectivity index (χ3n) is 4.21. The van der Waals surface area contributed by atoms with Crippen LogP contribution in [0.2, 0.25) is 0 Å². The molecule has 0 aliphatic rings. The first kappa shape index (κ1) is 22.6. The fourth-order valence-electron chi connectivity index (χ4n) is 2.63. The molecule has 0 unspecified atom stereocenters. The Morgan fingerprint density at radius 1 is 1.10 bits per heavy atom. The van der Waals surface area contributed by atoms with Crippen LogP contribution >= 0.6 is 0 Å². The van der Waals surface area contributed by atoms with Crippen molar-refractivity contribution in [2.45, 2.75) is 19.9 Å². The Bertz CT molecular complexity index is 916. The van der Waals surface area contributed by atoms with Crippen LogP contribution in [-0.4, -0.2) is 45.9 Å². The lowest BCUT2D eigenvalue weighted by Gasteiger charge is -2.27. The highest BCUT2D eigenvalue weighted by Crippen LogP contribution is 2.21. The van der Waals surface area contributed by atoms with Crippen LogP contribution in [0.1, 0.15) is 25.5 Å². The Morgan fingerprint density at radius 2 is 1.69 bits per heavy atom. The highest BCUT2D eigenvalue weighted by atomic mass is 32.2. The van der Waals surface area contributed by atoms with Crippen molar-refractivity contribution in [2.75, 3.05) is 31.6 Å². The summed E-state index contributed by atoms with van der Waals surface area (Å²) in [5.74, 6) is -0.250. The number of anilines is 1. The Morgan fingerprint density at radius 3 is 2.21 bits per heavy atom. The van der Waals surface area contributed by atoms with E-state index < -0.39 is 28.5 Å². The number of carbonyl (C=O) groups is 1. The van der Waals surface area contributed by atoms with Crippen molar-refractivity contribution in [3.63, 3.8) is 0 Å². The molecule has 9 heteroatoms. The summed E-state index contributed by atoms with van der Waals surface area (Å²) in [5, 5.41) is 2.79. The summed E-state index contributed by atoms with van der Waals surface area (Å²) in [4.78, 5) is 12.6. The maximum absolute atomic E-state index is 13.2. The number of hydrogen-bond donors (Lipinski definition) is 1. The average Bonchev–Trinajstić information content (AvgIpc) is 2.67. The molecule has 2 aromatic carbocycles. The van der Waals surface area contributed by atoms with E-state index in [4.69, 9.17) is 4.74 Å². The topological polar surface area (TPSA) is 79.0 Å². The minimum Gasteiger partial charge on any atom is -0.494 e. The quantitative estimate of drug-likeness (QED) is 0.673. The van der Waals surface area contributed by atoms with Crippen molar-refractivity contribution in [2.24, 2.45) is 0 Å². The zero-order valence-corrected chi connectivity index (χ0v) is 17.7. The number of carbonyl (C=O) groups excluding carboxylic acids is 1. The SMILES string of the molecule is CCOc1ccc([C@@H](C)NC(=O)CN(c2ccc(F)cc2)S(=O)(=O)N(C)C)cc1. The van der Waals surface area contributed by atoms with Crippen molar-refractivity contribution in [3.8, 4) is 5.75 Å². The molecule has 7 nitrogen and oxygen atoms in total. The van der Waals surface area contributed by atoms with Gasteiger partial charge in [-0.1, -0.05) is 12.1 Å². The van der Waals surface area contributed by atoms with E-state index in [-0.39, 0.29) is 11.7 Å². The summed E-state index contributed by atoms with van der Waals surface area (Å²) in [7, 11) is -1.21. The molecule has 0 aliphatic carbocycles. The smallest absolute Gasteiger partial charge is 0.304 e. The van der Waals surface area contributed by atoms with E-state index in [1.165, 1.54) is 26.2 Å². The zero-order valence-electron chi connectivity index (χ0n) is 16.9. The molecule has 0 radical (unpaired) electrons. The fourth-order valence-corrected chi connectivity index (χ4v) is 3.69. The maximum atomic E-state index is 13.2. The number of ether oxygens (including phenoxy) is 1. The Balaban J connectivity index is 2.15. The number of benzene rings is 2. The van der Waals surface area contributed by atoms with Crippen molar-refractivity contribution < 1.29 is 22.3 Å². The molecule has 1 atom stereocenters. The van der Waals surface area contributed by atoms with Crippen LogP contribution in [-0.2, 0) is 15.0 Å². The lowest BCUT2D eigenvalue weighted by molar-refractivity contribution is -0.120. The standard InChI is InChI=1S/C20H26FN3O4S/c1-5-28-19-12-6-16(7-13-19)15(2)22-20(25)14-24(29(26,27)23(3)4)18-10-8-17(21)9-11-18/h6-13,15H,5,14H2,1-4H3,(H,22,25)/t15-/m1/s1. The predicted molar refractivity (Wildman–Crippen MR) is 111 cm³/mol. The predicted octanol–water partition coefficient (Wildman–Crippen LogP) is 2.71. The van der Waals surface area contributed by atoms with E-state index in [1.54, 1.807) is 6.92 Å². The van der Waals surface area contributed by atoms with Crippen molar-refractivity contribution in [1.82, 2.24) is 9.62 Å².